The second-order valence-electron chi connectivity index (χ2n) is 5.32. The summed E-state index contributed by atoms with van der Waals surface area (Å²) in [6.07, 6.45) is -0.153. The van der Waals surface area contributed by atoms with Crippen molar-refractivity contribution in [1.29, 1.82) is 0 Å². The van der Waals surface area contributed by atoms with E-state index in [4.69, 9.17) is 25.6 Å². The molecule has 9 nitrogen and oxygen atoms in total. The SMILES string of the molecule is CC(=O)Oc1cc2oc(=O)c(C(=O)ON3C(=O)CCC3=O)cc2cc1Cl. The van der Waals surface area contributed by atoms with Crippen molar-refractivity contribution >= 4 is 46.3 Å². The highest BCUT2D eigenvalue weighted by Gasteiger charge is 2.34. The van der Waals surface area contributed by atoms with Gasteiger partial charge < -0.3 is 14.0 Å². The van der Waals surface area contributed by atoms with Gasteiger partial charge in [-0.2, -0.15) is 0 Å². The fourth-order valence-corrected chi connectivity index (χ4v) is 2.50. The van der Waals surface area contributed by atoms with Crippen molar-refractivity contribution < 1.29 is 33.2 Å². The molecule has 1 aliphatic rings. The third-order valence-corrected chi connectivity index (χ3v) is 3.74. The predicted octanol–water partition coefficient (Wildman–Crippen LogP) is 1.59. The van der Waals surface area contributed by atoms with E-state index in [2.05, 4.69) is 0 Å². The minimum Gasteiger partial charge on any atom is -0.425 e. The molecule has 26 heavy (non-hydrogen) atoms. The number of halogens is 1. The van der Waals surface area contributed by atoms with Crippen LogP contribution in [-0.2, 0) is 19.2 Å². The van der Waals surface area contributed by atoms with Crippen LogP contribution in [0.2, 0.25) is 5.02 Å². The number of amides is 2. The van der Waals surface area contributed by atoms with Crippen molar-refractivity contribution in [2.24, 2.45) is 0 Å². The normalized spacial score (nSPS) is 14.0. The van der Waals surface area contributed by atoms with E-state index in [0.717, 1.165) is 6.07 Å². The molecule has 0 saturated carbocycles. The summed E-state index contributed by atoms with van der Waals surface area (Å²) < 4.78 is 9.89. The fourth-order valence-electron chi connectivity index (χ4n) is 2.29. The molecule has 3 rings (SSSR count). The molecule has 1 saturated heterocycles. The van der Waals surface area contributed by atoms with Gasteiger partial charge in [0.25, 0.3) is 11.8 Å². The molecular formula is C16H10ClNO8. The van der Waals surface area contributed by atoms with Crippen LogP contribution in [0.4, 0.5) is 0 Å². The summed E-state index contributed by atoms with van der Waals surface area (Å²) in [6, 6.07) is 3.68. The van der Waals surface area contributed by atoms with Crippen LogP contribution in [-0.4, -0.2) is 28.8 Å². The monoisotopic (exact) mass is 379 g/mol. The zero-order valence-corrected chi connectivity index (χ0v) is 14.0. The standard InChI is InChI=1S/C16H10ClNO8/c1-7(19)24-12-6-11-8(5-10(12)17)4-9(15(22)25-11)16(23)26-18-13(20)2-3-14(18)21/h4-6H,2-3H2,1H3. The summed E-state index contributed by atoms with van der Waals surface area (Å²) in [6.45, 7) is 1.18. The lowest BCUT2D eigenvalue weighted by molar-refractivity contribution is -0.172. The van der Waals surface area contributed by atoms with Gasteiger partial charge in [0.05, 0.1) is 5.02 Å². The first-order chi connectivity index (χ1) is 12.3. The second-order valence-corrected chi connectivity index (χ2v) is 5.73. The second kappa shape index (κ2) is 6.60. The predicted molar refractivity (Wildman–Crippen MR) is 85.3 cm³/mol. The molecule has 134 valence electrons. The minimum atomic E-state index is -1.22. The molecule has 1 fully saturated rings. The van der Waals surface area contributed by atoms with Crippen LogP contribution in [0.3, 0.4) is 0 Å². The largest absolute Gasteiger partial charge is 0.425 e. The number of hydrogen-bond acceptors (Lipinski definition) is 8. The van der Waals surface area contributed by atoms with Crippen molar-refractivity contribution in [2.45, 2.75) is 19.8 Å². The number of rotatable bonds is 3. The van der Waals surface area contributed by atoms with Gasteiger partial charge in [0, 0.05) is 31.2 Å². The first-order valence-corrected chi connectivity index (χ1v) is 7.68. The zero-order valence-electron chi connectivity index (χ0n) is 13.2. The van der Waals surface area contributed by atoms with E-state index < -0.39 is 34.9 Å². The number of ether oxygens (including phenoxy) is 1. The number of nitrogens with zero attached hydrogens (tertiary/aromatic N) is 1. The number of carbonyl (C=O) groups is 4. The number of hydroxylamine groups is 2. The molecule has 0 spiro atoms. The highest BCUT2D eigenvalue weighted by molar-refractivity contribution is 6.33. The number of esters is 1. The molecule has 2 aromatic rings. The van der Waals surface area contributed by atoms with Crippen LogP contribution in [0.1, 0.15) is 30.1 Å². The summed E-state index contributed by atoms with van der Waals surface area (Å²) in [5.41, 5.74) is -1.57. The first kappa shape index (κ1) is 17.6. The first-order valence-electron chi connectivity index (χ1n) is 7.30. The molecule has 0 unspecified atom stereocenters. The Kier molecular flexibility index (Phi) is 4.47. The van der Waals surface area contributed by atoms with Crippen LogP contribution in [0, 0.1) is 0 Å². The van der Waals surface area contributed by atoms with Gasteiger partial charge in [0.1, 0.15) is 11.1 Å². The quantitative estimate of drug-likeness (QED) is 0.341. The van der Waals surface area contributed by atoms with Crippen molar-refractivity contribution in [3.63, 3.8) is 0 Å². The van der Waals surface area contributed by atoms with E-state index in [9.17, 15) is 24.0 Å². The van der Waals surface area contributed by atoms with Gasteiger partial charge in [-0.3, -0.25) is 14.4 Å². The smallest absolute Gasteiger partial charge is 0.371 e. The molecule has 0 N–H and O–H groups in total. The molecule has 1 aliphatic heterocycles. The van der Waals surface area contributed by atoms with Crippen LogP contribution in [0.25, 0.3) is 11.0 Å². The van der Waals surface area contributed by atoms with Gasteiger partial charge in [-0.25, -0.2) is 9.59 Å². The Labute approximate surface area is 150 Å². The Bertz CT molecular complexity index is 1010. The summed E-state index contributed by atoms with van der Waals surface area (Å²) in [4.78, 5) is 62.9. The Hall–Kier alpha value is -3.20. The molecule has 1 aromatic heterocycles. The van der Waals surface area contributed by atoms with E-state index in [1.165, 1.54) is 19.1 Å². The maximum Gasteiger partial charge on any atom is 0.371 e. The van der Waals surface area contributed by atoms with Gasteiger partial charge in [0.2, 0.25) is 0 Å². The minimum absolute atomic E-state index is 0.0144. The van der Waals surface area contributed by atoms with Crippen LogP contribution in [0.15, 0.2) is 27.4 Å². The Morgan fingerprint density at radius 1 is 1.12 bits per heavy atom. The van der Waals surface area contributed by atoms with Gasteiger partial charge >= 0.3 is 17.6 Å². The molecule has 10 heteroatoms. The third kappa shape index (κ3) is 3.29. The van der Waals surface area contributed by atoms with E-state index in [-0.39, 0.29) is 34.6 Å². The fraction of sp³-hybridized carbons (Fsp3) is 0.188. The van der Waals surface area contributed by atoms with Crippen molar-refractivity contribution in [3.05, 3.63) is 39.2 Å². The average molecular weight is 380 g/mol. The van der Waals surface area contributed by atoms with Crippen molar-refractivity contribution in [3.8, 4) is 5.75 Å². The molecule has 2 amide bonds. The van der Waals surface area contributed by atoms with Gasteiger partial charge in [-0.05, 0) is 12.1 Å². The van der Waals surface area contributed by atoms with Crippen molar-refractivity contribution in [2.75, 3.05) is 0 Å². The van der Waals surface area contributed by atoms with E-state index in [1.807, 2.05) is 0 Å². The molecular weight excluding hydrogens is 370 g/mol. The van der Waals surface area contributed by atoms with E-state index in [1.54, 1.807) is 0 Å². The summed E-state index contributed by atoms with van der Waals surface area (Å²) >= 11 is 5.98. The molecule has 0 radical (unpaired) electrons. The van der Waals surface area contributed by atoms with Crippen LogP contribution >= 0.6 is 11.6 Å². The maximum atomic E-state index is 12.1. The highest BCUT2D eigenvalue weighted by Crippen LogP contribution is 2.30. The van der Waals surface area contributed by atoms with Crippen LogP contribution < -0.4 is 10.4 Å². The maximum absolute atomic E-state index is 12.1. The lowest BCUT2D eigenvalue weighted by atomic mass is 10.2. The molecule has 1 aromatic carbocycles. The average Bonchev–Trinajstić information content (AvgIpc) is 2.87. The number of carbonyl (C=O) groups excluding carboxylic acids is 4. The van der Waals surface area contributed by atoms with Crippen LogP contribution in [0.5, 0.6) is 5.75 Å². The number of hydrogen-bond donors (Lipinski definition) is 0. The molecule has 0 atom stereocenters. The zero-order chi connectivity index (χ0) is 19.0. The summed E-state index contributed by atoms with van der Waals surface area (Å²) in [5.74, 6) is -3.21. The number of fused-ring (bicyclic) bond motifs is 1. The highest BCUT2D eigenvalue weighted by atomic mass is 35.5. The van der Waals surface area contributed by atoms with Gasteiger partial charge in [-0.1, -0.05) is 11.6 Å². The van der Waals surface area contributed by atoms with E-state index >= 15 is 0 Å². The lowest BCUT2D eigenvalue weighted by Crippen LogP contribution is -2.33. The molecule has 2 heterocycles. The van der Waals surface area contributed by atoms with Gasteiger partial charge in [0.15, 0.2) is 5.75 Å². The third-order valence-electron chi connectivity index (χ3n) is 3.44. The Morgan fingerprint density at radius 3 is 2.38 bits per heavy atom. The number of benzene rings is 1. The van der Waals surface area contributed by atoms with Crippen molar-refractivity contribution in [1.82, 2.24) is 5.06 Å². The lowest BCUT2D eigenvalue weighted by Gasteiger charge is -2.12. The Morgan fingerprint density at radius 2 is 1.77 bits per heavy atom. The molecule has 0 bridgehead atoms. The Balaban J connectivity index is 1.97. The topological polar surface area (TPSA) is 120 Å². The summed E-state index contributed by atoms with van der Waals surface area (Å²) in [5, 5.41) is 0.616. The van der Waals surface area contributed by atoms with Gasteiger partial charge in [-0.15, -0.1) is 5.06 Å². The molecule has 0 aliphatic carbocycles. The van der Waals surface area contributed by atoms with E-state index in [0.29, 0.717) is 5.06 Å². The summed E-state index contributed by atoms with van der Waals surface area (Å²) in [7, 11) is 0. The number of imide groups is 1.